The molecular formula is C11H13ClN2S. The number of aryl methyl sites for hydroxylation is 2. The maximum absolute atomic E-state index is 6.13. The Morgan fingerprint density at radius 3 is 2.80 bits per heavy atom. The maximum atomic E-state index is 6.13. The SMILES string of the molecule is CCCc1nc(Cl)c2sc(CC)cc2n1. The van der Waals surface area contributed by atoms with Crippen LogP contribution in [-0.4, -0.2) is 9.97 Å². The number of rotatable bonds is 3. The minimum absolute atomic E-state index is 0.605. The molecule has 0 unspecified atom stereocenters. The van der Waals surface area contributed by atoms with Crippen molar-refractivity contribution in [2.24, 2.45) is 0 Å². The van der Waals surface area contributed by atoms with Crippen LogP contribution in [0.25, 0.3) is 10.2 Å². The highest BCUT2D eigenvalue weighted by Crippen LogP contribution is 2.29. The monoisotopic (exact) mass is 240 g/mol. The van der Waals surface area contributed by atoms with E-state index in [1.165, 1.54) is 4.88 Å². The predicted octanol–water partition coefficient (Wildman–Crippen LogP) is 3.86. The summed E-state index contributed by atoms with van der Waals surface area (Å²) in [5.74, 6) is 0.857. The van der Waals surface area contributed by atoms with Crippen molar-refractivity contribution in [2.75, 3.05) is 0 Å². The zero-order valence-electron chi connectivity index (χ0n) is 8.88. The number of hydrogen-bond donors (Lipinski definition) is 0. The molecule has 2 aromatic rings. The largest absolute Gasteiger partial charge is 0.232 e. The molecule has 2 nitrogen and oxygen atoms in total. The summed E-state index contributed by atoms with van der Waals surface area (Å²) in [6.07, 6.45) is 2.97. The first kappa shape index (κ1) is 10.8. The molecule has 2 aromatic heterocycles. The fraction of sp³-hybridized carbons (Fsp3) is 0.455. The highest BCUT2D eigenvalue weighted by molar-refractivity contribution is 7.19. The molecule has 4 heteroatoms. The quantitative estimate of drug-likeness (QED) is 0.762. The van der Waals surface area contributed by atoms with Crippen LogP contribution in [0, 0.1) is 0 Å². The predicted molar refractivity (Wildman–Crippen MR) is 65.8 cm³/mol. The van der Waals surface area contributed by atoms with Gasteiger partial charge in [-0.05, 0) is 18.9 Å². The second-order valence-corrected chi connectivity index (χ2v) is 4.96. The van der Waals surface area contributed by atoms with Crippen LogP contribution in [0.15, 0.2) is 6.07 Å². The van der Waals surface area contributed by atoms with E-state index in [-0.39, 0.29) is 0 Å². The summed E-state index contributed by atoms with van der Waals surface area (Å²) in [5, 5.41) is 0.605. The van der Waals surface area contributed by atoms with Gasteiger partial charge in [-0.2, -0.15) is 0 Å². The smallest absolute Gasteiger partial charge is 0.150 e. The van der Waals surface area contributed by atoms with Gasteiger partial charge in [-0.3, -0.25) is 0 Å². The lowest BCUT2D eigenvalue weighted by atomic mass is 10.3. The molecule has 0 atom stereocenters. The summed E-state index contributed by atoms with van der Waals surface area (Å²) >= 11 is 7.82. The van der Waals surface area contributed by atoms with E-state index >= 15 is 0 Å². The third-order valence-corrected chi connectivity index (χ3v) is 3.91. The van der Waals surface area contributed by atoms with Crippen LogP contribution in [-0.2, 0) is 12.8 Å². The molecule has 0 aliphatic heterocycles. The molecule has 15 heavy (non-hydrogen) atoms. The minimum Gasteiger partial charge on any atom is -0.232 e. The number of nitrogens with zero attached hydrogens (tertiary/aromatic N) is 2. The molecule has 0 saturated carbocycles. The molecule has 0 aliphatic carbocycles. The summed E-state index contributed by atoms with van der Waals surface area (Å²) in [6.45, 7) is 4.26. The van der Waals surface area contributed by atoms with Crippen LogP contribution in [0.5, 0.6) is 0 Å². The van der Waals surface area contributed by atoms with Gasteiger partial charge < -0.3 is 0 Å². The van der Waals surface area contributed by atoms with Crippen molar-refractivity contribution in [3.8, 4) is 0 Å². The molecule has 0 radical (unpaired) electrons. The van der Waals surface area contributed by atoms with E-state index < -0.39 is 0 Å². The first-order valence-electron chi connectivity index (χ1n) is 5.19. The van der Waals surface area contributed by atoms with Crippen LogP contribution in [0.3, 0.4) is 0 Å². The van der Waals surface area contributed by atoms with Gasteiger partial charge in [0.25, 0.3) is 0 Å². The van der Waals surface area contributed by atoms with E-state index in [9.17, 15) is 0 Å². The van der Waals surface area contributed by atoms with Crippen molar-refractivity contribution in [1.82, 2.24) is 9.97 Å². The molecule has 0 fully saturated rings. The Labute approximate surface area is 98.3 Å². The van der Waals surface area contributed by atoms with E-state index in [0.29, 0.717) is 5.15 Å². The molecule has 0 aromatic carbocycles. The van der Waals surface area contributed by atoms with Gasteiger partial charge in [0.1, 0.15) is 5.82 Å². The summed E-state index contributed by atoms with van der Waals surface area (Å²) in [6, 6.07) is 2.12. The fourth-order valence-electron chi connectivity index (χ4n) is 1.50. The van der Waals surface area contributed by atoms with Gasteiger partial charge >= 0.3 is 0 Å². The van der Waals surface area contributed by atoms with Crippen molar-refractivity contribution in [2.45, 2.75) is 33.1 Å². The summed E-state index contributed by atoms with van der Waals surface area (Å²) in [5.41, 5.74) is 1.00. The fourth-order valence-corrected chi connectivity index (χ4v) is 2.73. The van der Waals surface area contributed by atoms with Gasteiger partial charge in [0.2, 0.25) is 0 Å². The molecule has 0 N–H and O–H groups in total. The summed E-state index contributed by atoms with van der Waals surface area (Å²) < 4.78 is 1.02. The number of fused-ring (bicyclic) bond motifs is 1. The highest BCUT2D eigenvalue weighted by Gasteiger charge is 2.09. The first-order chi connectivity index (χ1) is 7.24. The number of aromatic nitrogens is 2. The molecule has 2 heterocycles. The third-order valence-electron chi connectivity index (χ3n) is 2.25. The van der Waals surface area contributed by atoms with Gasteiger partial charge in [-0.25, -0.2) is 9.97 Å². The van der Waals surface area contributed by atoms with Crippen molar-refractivity contribution in [1.29, 1.82) is 0 Å². The van der Waals surface area contributed by atoms with Crippen molar-refractivity contribution in [3.63, 3.8) is 0 Å². The van der Waals surface area contributed by atoms with E-state index in [1.54, 1.807) is 11.3 Å². The average Bonchev–Trinajstić information content (AvgIpc) is 2.62. The molecule has 0 bridgehead atoms. The molecule has 0 saturated heterocycles. The first-order valence-corrected chi connectivity index (χ1v) is 6.38. The molecule has 0 spiro atoms. The van der Waals surface area contributed by atoms with Crippen LogP contribution < -0.4 is 0 Å². The Balaban J connectivity index is 2.54. The van der Waals surface area contributed by atoms with Crippen LogP contribution in [0.2, 0.25) is 5.15 Å². The van der Waals surface area contributed by atoms with Gasteiger partial charge in [-0.1, -0.05) is 25.4 Å². The van der Waals surface area contributed by atoms with Gasteiger partial charge in [0, 0.05) is 11.3 Å². The van der Waals surface area contributed by atoms with Gasteiger partial charge in [0.15, 0.2) is 5.15 Å². The Morgan fingerprint density at radius 2 is 2.13 bits per heavy atom. The molecule has 2 rings (SSSR count). The van der Waals surface area contributed by atoms with Crippen molar-refractivity contribution in [3.05, 3.63) is 21.9 Å². The molecule has 80 valence electrons. The second-order valence-electron chi connectivity index (χ2n) is 3.46. The van der Waals surface area contributed by atoms with Crippen molar-refractivity contribution < 1.29 is 0 Å². The lowest BCUT2D eigenvalue weighted by Crippen LogP contribution is -1.93. The third kappa shape index (κ3) is 2.13. The van der Waals surface area contributed by atoms with Gasteiger partial charge in [0.05, 0.1) is 10.2 Å². The Bertz CT molecular complexity index is 479. The lowest BCUT2D eigenvalue weighted by molar-refractivity contribution is 0.845. The summed E-state index contributed by atoms with van der Waals surface area (Å²) in [4.78, 5) is 10.1. The minimum atomic E-state index is 0.605. The number of thiophene rings is 1. The standard InChI is InChI=1S/C11H13ClN2S/c1-3-5-9-13-8-6-7(4-2)15-10(8)11(12)14-9/h6H,3-5H2,1-2H3. The zero-order valence-corrected chi connectivity index (χ0v) is 10.5. The average molecular weight is 241 g/mol. The lowest BCUT2D eigenvalue weighted by Gasteiger charge is -1.98. The van der Waals surface area contributed by atoms with E-state index in [1.807, 2.05) is 0 Å². The highest BCUT2D eigenvalue weighted by atomic mass is 35.5. The number of halogens is 1. The molecule has 0 amide bonds. The zero-order chi connectivity index (χ0) is 10.8. The van der Waals surface area contributed by atoms with Crippen LogP contribution in [0.4, 0.5) is 0 Å². The topological polar surface area (TPSA) is 25.8 Å². The number of hydrogen-bond acceptors (Lipinski definition) is 3. The molecule has 0 aliphatic rings. The Hall–Kier alpha value is -0.670. The second kappa shape index (κ2) is 4.45. The normalized spacial score (nSPS) is 11.1. The maximum Gasteiger partial charge on any atom is 0.150 e. The van der Waals surface area contributed by atoms with Crippen molar-refractivity contribution >= 4 is 33.2 Å². The summed E-state index contributed by atoms with van der Waals surface area (Å²) in [7, 11) is 0. The Morgan fingerprint density at radius 1 is 1.33 bits per heavy atom. The van der Waals surface area contributed by atoms with Crippen LogP contribution in [0.1, 0.15) is 31.0 Å². The van der Waals surface area contributed by atoms with Gasteiger partial charge in [-0.15, -0.1) is 11.3 Å². The molecular weight excluding hydrogens is 228 g/mol. The van der Waals surface area contributed by atoms with Crippen LogP contribution >= 0.6 is 22.9 Å². The van der Waals surface area contributed by atoms with E-state index in [2.05, 4.69) is 29.9 Å². The van der Waals surface area contributed by atoms with E-state index in [4.69, 9.17) is 11.6 Å². The van der Waals surface area contributed by atoms with E-state index in [0.717, 1.165) is 35.3 Å². The Kier molecular flexibility index (Phi) is 3.22.